The molecule has 0 aliphatic carbocycles. The van der Waals surface area contributed by atoms with Crippen molar-refractivity contribution in [3.63, 3.8) is 0 Å². The van der Waals surface area contributed by atoms with Gasteiger partial charge in [0, 0.05) is 17.7 Å². The molecule has 3 aromatic rings. The highest BCUT2D eigenvalue weighted by Crippen LogP contribution is 2.41. The average molecular weight is 384 g/mol. The third-order valence-electron chi connectivity index (χ3n) is 4.18. The molecule has 0 fully saturated rings. The SMILES string of the molecule is COc1cc(-c2nc3cc(NC(=O)CC(C)C)ccc3o2)cc(OC)c1OC. The van der Waals surface area contributed by atoms with Crippen molar-refractivity contribution in [3.8, 4) is 28.7 Å². The van der Waals surface area contributed by atoms with Crippen LogP contribution in [-0.4, -0.2) is 32.2 Å². The standard InChI is InChI=1S/C21H24N2O5/c1-12(2)8-19(24)22-14-6-7-16-15(11-14)23-21(28-16)13-9-17(25-3)20(27-5)18(10-13)26-4/h6-7,9-12H,8H2,1-5H3,(H,22,24). The summed E-state index contributed by atoms with van der Waals surface area (Å²) in [5.41, 5.74) is 2.63. The van der Waals surface area contributed by atoms with Crippen LogP contribution in [0, 0.1) is 5.92 Å². The summed E-state index contributed by atoms with van der Waals surface area (Å²) in [5.74, 6) is 2.21. The molecule has 1 N–H and O–H groups in total. The molecule has 1 amide bonds. The number of hydrogen-bond donors (Lipinski definition) is 1. The molecule has 1 heterocycles. The van der Waals surface area contributed by atoms with Crippen molar-refractivity contribution in [1.82, 2.24) is 4.98 Å². The van der Waals surface area contributed by atoms with E-state index >= 15 is 0 Å². The van der Waals surface area contributed by atoms with Crippen LogP contribution in [-0.2, 0) is 4.79 Å². The average Bonchev–Trinajstić information content (AvgIpc) is 3.09. The molecule has 28 heavy (non-hydrogen) atoms. The molecule has 2 aromatic carbocycles. The van der Waals surface area contributed by atoms with Crippen LogP contribution in [0.25, 0.3) is 22.6 Å². The zero-order chi connectivity index (χ0) is 20.3. The lowest BCUT2D eigenvalue weighted by molar-refractivity contribution is -0.116. The van der Waals surface area contributed by atoms with Crippen molar-refractivity contribution in [2.24, 2.45) is 5.92 Å². The van der Waals surface area contributed by atoms with Crippen LogP contribution >= 0.6 is 0 Å². The van der Waals surface area contributed by atoms with Gasteiger partial charge in [-0.05, 0) is 36.2 Å². The Bertz CT molecular complexity index is 969. The van der Waals surface area contributed by atoms with E-state index in [4.69, 9.17) is 18.6 Å². The maximum absolute atomic E-state index is 12.0. The number of oxazole rings is 1. The molecule has 0 aliphatic rings. The minimum atomic E-state index is -0.0253. The van der Waals surface area contributed by atoms with Gasteiger partial charge in [-0.1, -0.05) is 13.8 Å². The Labute approximate surface area is 163 Å². The zero-order valence-electron chi connectivity index (χ0n) is 16.7. The topological polar surface area (TPSA) is 82.8 Å². The fraction of sp³-hybridized carbons (Fsp3) is 0.333. The Balaban J connectivity index is 1.95. The number of methoxy groups -OCH3 is 3. The Morgan fingerprint density at radius 3 is 2.32 bits per heavy atom. The number of fused-ring (bicyclic) bond motifs is 1. The summed E-state index contributed by atoms with van der Waals surface area (Å²) in [6.07, 6.45) is 0.466. The van der Waals surface area contributed by atoms with Gasteiger partial charge in [-0.15, -0.1) is 0 Å². The van der Waals surface area contributed by atoms with E-state index in [2.05, 4.69) is 10.3 Å². The van der Waals surface area contributed by atoms with E-state index in [1.165, 1.54) is 0 Å². The quantitative estimate of drug-likeness (QED) is 0.645. The fourth-order valence-electron chi connectivity index (χ4n) is 2.92. The number of nitrogens with one attached hydrogen (secondary N) is 1. The first-order chi connectivity index (χ1) is 13.4. The largest absolute Gasteiger partial charge is 0.493 e. The van der Waals surface area contributed by atoms with E-state index in [9.17, 15) is 4.79 Å². The summed E-state index contributed by atoms with van der Waals surface area (Å²) < 4.78 is 22.0. The lowest BCUT2D eigenvalue weighted by Crippen LogP contribution is -2.13. The second kappa shape index (κ2) is 8.21. The van der Waals surface area contributed by atoms with Gasteiger partial charge in [0.05, 0.1) is 21.3 Å². The van der Waals surface area contributed by atoms with E-state index in [1.807, 2.05) is 13.8 Å². The number of carbonyl (C=O) groups excluding carboxylic acids is 1. The minimum Gasteiger partial charge on any atom is -0.493 e. The number of amides is 1. The molecular weight excluding hydrogens is 360 g/mol. The number of hydrogen-bond acceptors (Lipinski definition) is 6. The van der Waals surface area contributed by atoms with Gasteiger partial charge in [0.2, 0.25) is 17.5 Å². The first-order valence-corrected chi connectivity index (χ1v) is 8.96. The summed E-state index contributed by atoms with van der Waals surface area (Å²) in [6.45, 7) is 4.01. The molecule has 0 saturated carbocycles. The van der Waals surface area contributed by atoms with Crippen molar-refractivity contribution < 1.29 is 23.4 Å². The van der Waals surface area contributed by atoms with Crippen molar-refractivity contribution in [2.45, 2.75) is 20.3 Å². The van der Waals surface area contributed by atoms with Crippen molar-refractivity contribution in [1.29, 1.82) is 0 Å². The molecule has 0 aliphatic heterocycles. The third-order valence-corrected chi connectivity index (χ3v) is 4.18. The molecule has 0 radical (unpaired) electrons. The van der Waals surface area contributed by atoms with E-state index in [0.717, 1.165) is 0 Å². The number of anilines is 1. The summed E-state index contributed by atoms with van der Waals surface area (Å²) in [5, 5.41) is 2.89. The van der Waals surface area contributed by atoms with Crippen LogP contribution in [0.1, 0.15) is 20.3 Å². The van der Waals surface area contributed by atoms with Crippen LogP contribution in [0.15, 0.2) is 34.7 Å². The second-order valence-corrected chi connectivity index (χ2v) is 6.76. The lowest BCUT2D eigenvalue weighted by atomic mass is 10.1. The van der Waals surface area contributed by atoms with Crippen LogP contribution in [0.3, 0.4) is 0 Å². The fourth-order valence-corrected chi connectivity index (χ4v) is 2.92. The second-order valence-electron chi connectivity index (χ2n) is 6.76. The van der Waals surface area contributed by atoms with Gasteiger partial charge < -0.3 is 23.9 Å². The van der Waals surface area contributed by atoms with E-state index < -0.39 is 0 Å². The maximum Gasteiger partial charge on any atom is 0.227 e. The molecular formula is C21H24N2O5. The summed E-state index contributed by atoms with van der Waals surface area (Å²) in [4.78, 5) is 16.5. The Morgan fingerprint density at radius 1 is 1.07 bits per heavy atom. The highest BCUT2D eigenvalue weighted by Gasteiger charge is 2.17. The number of carbonyl (C=O) groups is 1. The van der Waals surface area contributed by atoms with Gasteiger partial charge in [-0.3, -0.25) is 4.79 Å². The van der Waals surface area contributed by atoms with Gasteiger partial charge in [-0.2, -0.15) is 0 Å². The third kappa shape index (κ3) is 4.03. The van der Waals surface area contributed by atoms with Crippen LogP contribution in [0.5, 0.6) is 17.2 Å². The van der Waals surface area contributed by atoms with Crippen molar-refractivity contribution in [2.75, 3.05) is 26.6 Å². The number of ether oxygens (including phenoxy) is 3. The smallest absolute Gasteiger partial charge is 0.227 e. The van der Waals surface area contributed by atoms with Crippen LogP contribution < -0.4 is 19.5 Å². The molecule has 0 unspecified atom stereocenters. The highest BCUT2D eigenvalue weighted by atomic mass is 16.5. The summed E-state index contributed by atoms with van der Waals surface area (Å²) in [7, 11) is 4.66. The van der Waals surface area contributed by atoms with Gasteiger partial charge in [0.15, 0.2) is 17.1 Å². The maximum atomic E-state index is 12.0. The van der Waals surface area contributed by atoms with Crippen LogP contribution in [0.4, 0.5) is 5.69 Å². The summed E-state index contributed by atoms with van der Waals surface area (Å²) >= 11 is 0. The normalized spacial score (nSPS) is 10.9. The van der Waals surface area contributed by atoms with Crippen LogP contribution in [0.2, 0.25) is 0 Å². The highest BCUT2D eigenvalue weighted by molar-refractivity contribution is 5.93. The van der Waals surface area contributed by atoms with Gasteiger partial charge in [0.1, 0.15) is 5.52 Å². The first-order valence-electron chi connectivity index (χ1n) is 8.96. The first kappa shape index (κ1) is 19.5. The molecule has 0 bridgehead atoms. The number of aromatic nitrogens is 1. The predicted octanol–water partition coefficient (Wildman–Crippen LogP) is 4.51. The van der Waals surface area contributed by atoms with Crippen molar-refractivity contribution in [3.05, 3.63) is 30.3 Å². The molecule has 1 aromatic heterocycles. The number of benzene rings is 2. The molecule has 0 spiro atoms. The van der Waals surface area contributed by atoms with E-state index in [-0.39, 0.29) is 5.91 Å². The Kier molecular flexibility index (Phi) is 5.73. The minimum absolute atomic E-state index is 0.0253. The Hall–Kier alpha value is -3.22. The molecule has 148 valence electrons. The van der Waals surface area contributed by atoms with E-state index in [0.29, 0.717) is 57.8 Å². The Morgan fingerprint density at radius 2 is 1.75 bits per heavy atom. The van der Waals surface area contributed by atoms with Crippen molar-refractivity contribution >= 4 is 22.7 Å². The number of rotatable bonds is 7. The van der Waals surface area contributed by atoms with E-state index in [1.54, 1.807) is 51.7 Å². The predicted molar refractivity (Wildman–Crippen MR) is 107 cm³/mol. The summed E-state index contributed by atoms with van der Waals surface area (Å²) in [6, 6.07) is 8.92. The molecule has 0 atom stereocenters. The molecule has 0 saturated heterocycles. The monoisotopic (exact) mass is 384 g/mol. The van der Waals surface area contributed by atoms with Gasteiger partial charge >= 0.3 is 0 Å². The number of nitrogens with zero attached hydrogens (tertiary/aromatic N) is 1. The van der Waals surface area contributed by atoms with Gasteiger partial charge in [0.25, 0.3) is 0 Å². The molecule has 7 nitrogen and oxygen atoms in total. The molecule has 7 heteroatoms. The molecule has 3 rings (SSSR count). The zero-order valence-corrected chi connectivity index (χ0v) is 16.7. The van der Waals surface area contributed by atoms with Gasteiger partial charge in [-0.25, -0.2) is 4.98 Å². The lowest BCUT2D eigenvalue weighted by Gasteiger charge is -2.12.